The topological polar surface area (TPSA) is 129 Å². The fourth-order valence-corrected chi connectivity index (χ4v) is 2.68. The smallest absolute Gasteiger partial charge is 0.288 e. The maximum Gasteiger partial charge on any atom is 0.288 e. The van der Waals surface area contributed by atoms with E-state index in [-0.39, 0.29) is 11.6 Å². The molecular weight excluding hydrogens is 348 g/mol. The van der Waals surface area contributed by atoms with Gasteiger partial charge in [-0.3, -0.25) is 10.1 Å². The first-order valence-corrected chi connectivity index (χ1v) is 8.07. The molecule has 1 aliphatic rings. The van der Waals surface area contributed by atoms with E-state index in [0.717, 1.165) is 5.56 Å². The van der Waals surface area contributed by atoms with Crippen LogP contribution in [0, 0.1) is 10.1 Å². The van der Waals surface area contributed by atoms with Crippen molar-refractivity contribution < 1.29 is 10.0 Å². The summed E-state index contributed by atoms with van der Waals surface area (Å²) in [5.41, 5.74) is 2.44. The number of fused-ring (bicyclic) bond motifs is 1. The van der Waals surface area contributed by atoms with Crippen LogP contribution in [-0.4, -0.2) is 31.2 Å². The summed E-state index contributed by atoms with van der Waals surface area (Å²) in [6.45, 7) is 0.546. The van der Waals surface area contributed by atoms with Gasteiger partial charge in [0.2, 0.25) is 11.8 Å². The minimum absolute atomic E-state index is 0.121. The Balaban J connectivity index is 1.57. The molecule has 4 rings (SSSR count). The van der Waals surface area contributed by atoms with E-state index in [0.29, 0.717) is 35.1 Å². The van der Waals surface area contributed by atoms with E-state index in [1.807, 2.05) is 30.3 Å². The van der Waals surface area contributed by atoms with Gasteiger partial charge in [0.25, 0.3) is 5.69 Å². The van der Waals surface area contributed by atoms with Crippen LogP contribution in [0.25, 0.3) is 11.6 Å². The number of aromatic hydroxyl groups is 1. The Bertz CT molecular complexity index is 1070. The molecule has 134 valence electrons. The van der Waals surface area contributed by atoms with Gasteiger partial charge in [0.15, 0.2) is 5.82 Å². The lowest BCUT2D eigenvalue weighted by Gasteiger charge is -2.02. The van der Waals surface area contributed by atoms with Crippen LogP contribution in [0.15, 0.2) is 47.6 Å². The summed E-state index contributed by atoms with van der Waals surface area (Å²) in [6.07, 6.45) is 4.33. The van der Waals surface area contributed by atoms with E-state index in [1.54, 1.807) is 12.3 Å². The summed E-state index contributed by atoms with van der Waals surface area (Å²) in [7, 11) is 0. The number of aromatic nitrogens is 3. The third kappa shape index (κ3) is 3.38. The van der Waals surface area contributed by atoms with Crippen molar-refractivity contribution in [1.82, 2.24) is 15.0 Å². The number of aliphatic imine (C=N–C) groups is 1. The van der Waals surface area contributed by atoms with E-state index in [1.165, 1.54) is 12.3 Å². The molecule has 0 spiro atoms. The number of imidazole rings is 1. The Morgan fingerprint density at radius 3 is 2.89 bits per heavy atom. The van der Waals surface area contributed by atoms with Gasteiger partial charge in [0.1, 0.15) is 11.9 Å². The van der Waals surface area contributed by atoms with Crippen LogP contribution in [0.5, 0.6) is 5.88 Å². The third-order valence-electron chi connectivity index (χ3n) is 4.01. The second-order valence-electron chi connectivity index (χ2n) is 5.84. The monoisotopic (exact) mass is 362 g/mol. The number of nitro groups is 1. The fraction of sp³-hybridized carbons (Fsp3) is 0.0556. The van der Waals surface area contributed by atoms with Crippen LogP contribution in [0.3, 0.4) is 0 Å². The molecular formula is C18H14N6O3. The molecule has 0 unspecified atom stereocenters. The molecule has 0 fully saturated rings. The number of nitrogens with one attached hydrogen (secondary N) is 2. The van der Waals surface area contributed by atoms with Crippen molar-refractivity contribution in [3.8, 4) is 5.88 Å². The second kappa shape index (κ2) is 6.71. The predicted octanol–water partition coefficient (Wildman–Crippen LogP) is 3.29. The minimum atomic E-state index is -0.511. The van der Waals surface area contributed by atoms with Gasteiger partial charge in [-0.1, -0.05) is 30.3 Å². The number of nitrogens with zero attached hydrogens (tertiary/aromatic N) is 4. The van der Waals surface area contributed by atoms with E-state index in [9.17, 15) is 15.2 Å². The van der Waals surface area contributed by atoms with Crippen molar-refractivity contribution >= 4 is 35.3 Å². The fourth-order valence-electron chi connectivity index (χ4n) is 2.68. The molecule has 0 atom stereocenters. The highest BCUT2D eigenvalue weighted by molar-refractivity contribution is 6.21. The molecule has 0 radical (unpaired) electrons. The molecule has 0 saturated carbocycles. The largest absolute Gasteiger partial charge is 0.492 e. The summed E-state index contributed by atoms with van der Waals surface area (Å²) in [4.78, 5) is 25.6. The average Bonchev–Trinajstić information content (AvgIpc) is 3.24. The zero-order valence-electron chi connectivity index (χ0n) is 14.0. The van der Waals surface area contributed by atoms with Gasteiger partial charge in [-0.15, -0.1) is 0 Å². The molecule has 3 heterocycles. The average molecular weight is 362 g/mol. The zero-order chi connectivity index (χ0) is 18.8. The Hall–Kier alpha value is -4.01. The second-order valence-corrected chi connectivity index (χ2v) is 5.84. The molecule has 9 nitrogen and oxygen atoms in total. The van der Waals surface area contributed by atoms with E-state index < -0.39 is 4.92 Å². The van der Waals surface area contributed by atoms with Gasteiger partial charge in [-0.05, 0) is 11.6 Å². The Kier molecular flexibility index (Phi) is 4.09. The molecule has 3 N–H and O–H groups in total. The van der Waals surface area contributed by atoms with Gasteiger partial charge in [-0.25, -0.2) is 9.98 Å². The Morgan fingerprint density at radius 2 is 2.11 bits per heavy atom. The molecule has 0 aliphatic carbocycles. The Morgan fingerprint density at radius 1 is 1.30 bits per heavy atom. The molecule has 9 heteroatoms. The van der Waals surface area contributed by atoms with Crippen LogP contribution in [-0.2, 0) is 6.54 Å². The summed E-state index contributed by atoms with van der Waals surface area (Å²) in [6, 6.07) is 11.2. The summed E-state index contributed by atoms with van der Waals surface area (Å²) >= 11 is 0. The molecule has 0 saturated heterocycles. The van der Waals surface area contributed by atoms with Crippen molar-refractivity contribution in [2.75, 3.05) is 5.32 Å². The van der Waals surface area contributed by atoms with E-state index in [4.69, 9.17) is 0 Å². The van der Waals surface area contributed by atoms with Crippen LogP contribution in [0.4, 0.5) is 17.5 Å². The normalized spacial score (nSPS) is 13.7. The molecule has 0 amide bonds. The molecule has 2 aromatic heterocycles. The molecule has 0 bridgehead atoms. The summed E-state index contributed by atoms with van der Waals surface area (Å²) in [5, 5.41) is 24.1. The quantitative estimate of drug-likeness (QED) is 0.472. The zero-order valence-corrected chi connectivity index (χ0v) is 14.0. The summed E-state index contributed by atoms with van der Waals surface area (Å²) in [5.74, 6) is 0.627. The van der Waals surface area contributed by atoms with Crippen LogP contribution >= 0.6 is 0 Å². The highest BCUT2D eigenvalue weighted by Crippen LogP contribution is 2.34. The number of anilines is 1. The minimum Gasteiger partial charge on any atom is -0.492 e. The lowest BCUT2D eigenvalue weighted by Crippen LogP contribution is -2.00. The van der Waals surface area contributed by atoms with Crippen molar-refractivity contribution in [2.24, 2.45) is 4.99 Å². The number of aromatic amines is 1. The lowest BCUT2D eigenvalue weighted by molar-refractivity contribution is -0.385. The van der Waals surface area contributed by atoms with E-state index in [2.05, 4.69) is 25.3 Å². The molecule has 1 aliphatic heterocycles. The van der Waals surface area contributed by atoms with Crippen molar-refractivity contribution in [3.05, 3.63) is 69.5 Å². The first-order valence-electron chi connectivity index (χ1n) is 8.07. The van der Waals surface area contributed by atoms with Crippen LogP contribution < -0.4 is 5.32 Å². The summed E-state index contributed by atoms with van der Waals surface area (Å²) < 4.78 is 0. The third-order valence-corrected chi connectivity index (χ3v) is 4.01. The number of hydrogen-bond donors (Lipinski definition) is 3. The van der Waals surface area contributed by atoms with E-state index >= 15 is 0 Å². The first kappa shape index (κ1) is 16.5. The number of allylic oxidation sites excluding steroid dienone is 1. The van der Waals surface area contributed by atoms with Crippen molar-refractivity contribution in [3.63, 3.8) is 0 Å². The van der Waals surface area contributed by atoms with Crippen molar-refractivity contribution in [1.29, 1.82) is 0 Å². The number of benzene rings is 1. The Labute approximate surface area is 153 Å². The highest BCUT2D eigenvalue weighted by Gasteiger charge is 2.19. The van der Waals surface area contributed by atoms with Crippen molar-refractivity contribution in [2.45, 2.75) is 6.54 Å². The highest BCUT2D eigenvalue weighted by atomic mass is 16.6. The van der Waals surface area contributed by atoms with Gasteiger partial charge >= 0.3 is 0 Å². The SMILES string of the molecule is O=[N+]([O-])c1cnc2c(c1)C(=Cc1[nH]c(NCc3ccccc3)nc1O)C=N2. The number of H-pyrrole nitrogens is 1. The first-order chi connectivity index (χ1) is 13.1. The van der Waals surface area contributed by atoms with Gasteiger partial charge in [0.05, 0.1) is 4.92 Å². The maximum atomic E-state index is 11.0. The number of rotatable bonds is 5. The molecule has 3 aromatic rings. The standard InChI is InChI=1S/C18H14N6O3/c25-17-15(22-18(23-17)21-8-11-4-2-1-3-5-11)6-12-9-19-16-14(12)7-13(10-20-16)24(26)27/h1-7,9-10,25H,8H2,(H2,21,22,23). The number of hydrogen-bond acceptors (Lipinski definition) is 7. The lowest BCUT2D eigenvalue weighted by atomic mass is 10.1. The van der Waals surface area contributed by atoms with Gasteiger partial charge in [0, 0.05) is 30.0 Å². The van der Waals surface area contributed by atoms with Crippen LogP contribution in [0.2, 0.25) is 0 Å². The molecule has 1 aromatic carbocycles. The maximum absolute atomic E-state index is 11.0. The van der Waals surface area contributed by atoms with Gasteiger partial charge in [-0.2, -0.15) is 4.98 Å². The van der Waals surface area contributed by atoms with Crippen LogP contribution in [0.1, 0.15) is 16.8 Å². The molecule has 27 heavy (non-hydrogen) atoms. The number of pyridine rings is 1. The predicted molar refractivity (Wildman–Crippen MR) is 101 cm³/mol. The van der Waals surface area contributed by atoms with Gasteiger partial charge < -0.3 is 15.4 Å².